The van der Waals surface area contributed by atoms with E-state index in [1.807, 2.05) is 0 Å². The third kappa shape index (κ3) is 3.96. The van der Waals surface area contributed by atoms with Crippen LogP contribution in [0, 0.1) is 17.3 Å². The first-order valence-electron chi connectivity index (χ1n) is 12.7. The van der Waals surface area contributed by atoms with Gasteiger partial charge >= 0.3 is 19.5 Å². The number of nitrogens with zero attached hydrogens (tertiary/aromatic N) is 2. The van der Waals surface area contributed by atoms with Gasteiger partial charge in [0.25, 0.3) is 0 Å². The Bertz CT molecular complexity index is 1400. The number of imidazole rings is 1. The van der Waals surface area contributed by atoms with Crippen LogP contribution in [0.1, 0.15) is 56.1 Å². The first kappa shape index (κ1) is 25.7. The first-order chi connectivity index (χ1) is 17.7. The van der Waals surface area contributed by atoms with Gasteiger partial charge in [-0.3, -0.25) is 0 Å². The Kier molecular flexibility index (Phi) is 5.58. The summed E-state index contributed by atoms with van der Waals surface area (Å²) in [5.74, 6) is 1.38. The van der Waals surface area contributed by atoms with Crippen molar-refractivity contribution in [3.05, 3.63) is 65.0 Å². The lowest BCUT2D eigenvalue weighted by molar-refractivity contribution is -0.199. The predicted molar refractivity (Wildman–Crippen MR) is 129 cm³/mol. The van der Waals surface area contributed by atoms with E-state index in [9.17, 15) is 26.3 Å². The summed E-state index contributed by atoms with van der Waals surface area (Å²) in [6.45, 7) is 6.30. The van der Waals surface area contributed by atoms with Crippen molar-refractivity contribution in [3.63, 3.8) is 0 Å². The third-order valence-electron chi connectivity index (χ3n) is 9.16. The Labute approximate surface area is 216 Å². The van der Waals surface area contributed by atoms with Crippen LogP contribution in [0.2, 0.25) is 0 Å². The molecule has 4 atom stereocenters. The SMILES string of the molecule is CC1(C)[C@@H]2CC3OB(Cc4nc5ccccc5n4Cc4ccc(C(F)(F)F)cc4C(F)(F)F)O[C@@]3(C)[C@H]1C2. The molecule has 2 bridgehead atoms. The summed E-state index contributed by atoms with van der Waals surface area (Å²) < 4.78 is 95.6. The number of aromatic nitrogens is 2. The average Bonchev–Trinajstić information content (AvgIpc) is 3.34. The van der Waals surface area contributed by atoms with E-state index in [1.165, 1.54) is 0 Å². The molecule has 1 aromatic heterocycles. The van der Waals surface area contributed by atoms with E-state index >= 15 is 0 Å². The van der Waals surface area contributed by atoms with E-state index in [4.69, 9.17) is 9.31 Å². The molecule has 4 aliphatic rings. The van der Waals surface area contributed by atoms with Crippen LogP contribution in [0.5, 0.6) is 0 Å². The van der Waals surface area contributed by atoms with Crippen molar-refractivity contribution in [1.29, 1.82) is 0 Å². The van der Waals surface area contributed by atoms with Crippen LogP contribution in [-0.2, 0) is 34.5 Å². The second-order valence-corrected chi connectivity index (χ2v) is 11.6. The molecule has 4 fully saturated rings. The minimum Gasteiger partial charge on any atom is -0.405 e. The van der Waals surface area contributed by atoms with Crippen LogP contribution >= 0.6 is 0 Å². The smallest absolute Gasteiger partial charge is 0.405 e. The lowest BCUT2D eigenvalue weighted by Gasteiger charge is -2.64. The molecule has 2 heterocycles. The maximum absolute atomic E-state index is 13.9. The van der Waals surface area contributed by atoms with Gasteiger partial charge < -0.3 is 13.9 Å². The maximum Gasteiger partial charge on any atom is 0.465 e. The topological polar surface area (TPSA) is 36.3 Å². The molecule has 0 spiro atoms. The molecule has 4 nitrogen and oxygen atoms in total. The third-order valence-corrected chi connectivity index (χ3v) is 9.16. The highest BCUT2D eigenvalue weighted by Gasteiger charge is 2.67. The first-order valence-corrected chi connectivity index (χ1v) is 12.7. The molecule has 3 aromatic rings. The predicted octanol–water partition coefficient (Wildman–Crippen LogP) is 6.93. The Morgan fingerprint density at radius 2 is 1.74 bits per heavy atom. The summed E-state index contributed by atoms with van der Waals surface area (Å²) >= 11 is 0. The lowest BCUT2D eigenvalue weighted by atomic mass is 9.43. The van der Waals surface area contributed by atoms with Crippen molar-refractivity contribution >= 4 is 18.2 Å². The standard InChI is InChI=1S/C27H27BF6N2O2/c1-24(2)17-11-21(24)25(3)22(12-17)37-28(38-25)13-23-35-19-6-4-5-7-20(19)36(23)14-15-8-9-16(26(29,30)31)10-18(15)27(32,33)34/h4-10,17,21-22H,11-14H2,1-3H3/t17-,21-,22?,25-/m0/s1. The van der Waals surface area contributed by atoms with E-state index in [2.05, 4.69) is 25.8 Å². The molecule has 38 heavy (non-hydrogen) atoms. The fourth-order valence-corrected chi connectivity index (χ4v) is 6.97. The van der Waals surface area contributed by atoms with Gasteiger partial charge in [-0.25, -0.2) is 4.98 Å². The quantitative estimate of drug-likeness (QED) is 0.268. The fourth-order valence-electron chi connectivity index (χ4n) is 6.97. The van der Waals surface area contributed by atoms with Gasteiger partial charge in [0.1, 0.15) is 5.82 Å². The van der Waals surface area contributed by atoms with Gasteiger partial charge in [0.15, 0.2) is 0 Å². The van der Waals surface area contributed by atoms with Crippen LogP contribution in [-0.4, -0.2) is 28.4 Å². The summed E-state index contributed by atoms with van der Waals surface area (Å²) in [4.78, 5) is 4.66. The number of alkyl halides is 6. The molecule has 11 heteroatoms. The number of para-hydroxylation sites is 2. The summed E-state index contributed by atoms with van der Waals surface area (Å²) in [6, 6.07) is 8.77. The van der Waals surface area contributed by atoms with Gasteiger partial charge in [0, 0.05) is 12.9 Å². The van der Waals surface area contributed by atoms with Gasteiger partial charge in [-0.2, -0.15) is 26.3 Å². The second kappa shape index (κ2) is 8.24. The minimum absolute atomic E-state index is 0.0613. The van der Waals surface area contributed by atoms with Crippen molar-refractivity contribution in [2.45, 2.75) is 70.5 Å². The second-order valence-electron chi connectivity index (χ2n) is 11.6. The van der Waals surface area contributed by atoms with Crippen molar-refractivity contribution in [2.24, 2.45) is 17.3 Å². The summed E-state index contributed by atoms with van der Waals surface area (Å²) in [5.41, 5.74) is -2.05. The molecule has 7 rings (SSSR count). The van der Waals surface area contributed by atoms with Gasteiger partial charge in [-0.15, -0.1) is 0 Å². The van der Waals surface area contributed by atoms with Crippen LogP contribution in [0.15, 0.2) is 42.5 Å². The monoisotopic (exact) mass is 536 g/mol. The molecular formula is C27H27BF6N2O2. The Hall–Kier alpha value is -2.53. The van der Waals surface area contributed by atoms with Gasteiger partial charge in [-0.1, -0.05) is 32.0 Å². The summed E-state index contributed by atoms with van der Waals surface area (Å²) in [7, 11) is -0.620. The van der Waals surface area contributed by atoms with Crippen LogP contribution in [0.25, 0.3) is 11.0 Å². The molecule has 0 amide bonds. The fraction of sp³-hybridized carbons (Fsp3) is 0.519. The van der Waals surface area contributed by atoms with Gasteiger partial charge in [-0.05, 0) is 66.8 Å². The van der Waals surface area contributed by atoms with E-state index in [0.29, 0.717) is 34.8 Å². The lowest BCUT2D eigenvalue weighted by Crippen LogP contribution is -2.65. The molecule has 3 aliphatic carbocycles. The van der Waals surface area contributed by atoms with Gasteiger partial charge in [0.05, 0.1) is 33.9 Å². The molecular weight excluding hydrogens is 509 g/mol. The average molecular weight is 536 g/mol. The zero-order valence-corrected chi connectivity index (χ0v) is 21.2. The molecule has 1 saturated heterocycles. The maximum atomic E-state index is 13.9. The number of fused-ring (bicyclic) bond motifs is 1. The number of benzene rings is 2. The highest BCUT2D eigenvalue weighted by Crippen LogP contribution is 2.65. The molecule has 1 aliphatic heterocycles. The normalized spacial score (nSPS) is 28.4. The van der Waals surface area contributed by atoms with Crippen LogP contribution in [0.3, 0.4) is 0 Å². The van der Waals surface area contributed by atoms with E-state index in [0.717, 1.165) is 18.9 Å². The Morgan fingerprint density at radius 1 is 1.00 bits per heavy atom. The van der Waals surface area contributed by atoms with E-state index in [-0.39, 0.29) is 36.0 Å². The number of rotatable bonds is 4. The number of hydrogen-bond acceptors (Lipinski definition) is 3. The molecule has 2 aromatic carbocycles. The summed E-state index contributed by atoms with van der Waals surface area (Å²) in [5, 5.41) is 0. The van der Waals surface area contributed by atoms with Crippen molar-refractivity contribution in [1.82, 2.24) is 9.55 Å². The molecule has 202 valence electrons. The number of hydrogen-bond donors (Lipinski definition) is 0. The Morgan fingerprint density at radius 3 is 2.42 bits per heavy atom. The van der Waals surface area contributed by atoms with E-state index < -0.39 is 36.2 Å². The van der Waals surface area contributed by atoms with Crippen molar-refractivity contribution in [2.75, 3.05) is 0 Å². The van der Waals surface area contributed by atoms with Crippen molar-refractivity contribution in [3.8, 4) is 0 Å². The summed E-state index contributed by atoms with van der Waals surface area (Å²) in [6.07, 6.45) is -7.71. The van der Waals surface area contributed by atoms with Crippen molar-refractivity contribution < 1.29 is 35.7 Å². The Balaban J connectivity index is 1.34. The van der Waals surface area contributed by atoms with Crippen LogP contribution < -0.4 is 0 Å². The van der Waals surface area contributed by atoms with Gasteiger partial charge in [0.2, 0.25) is 0 Å². The highest BCUT2D eigenvalue weighted by molar-refractivity contribution is 6.44. The van der Waals surface area contributed by atoms with Crippen LogP contribution in [0.4, 0.5) is 26.3 Å². The number of halogens is 6. The largest absolute Gasteiger partial charge is 0.465 e. The molecule has 0 N–H and O–H groups in total. The van der Waals surface area contributed by atoms with E-state index in [1.54, 1.807) is 28.8 Å². The molecule has 0 radical (unpaired) electrons. The molecule has 3 saturated carbocycles. The zero-order chi connectivity index (χ0) is 27.3. The zero-order valence-electron chi connectivity index (χ0n) is 21.2. The molecule has 1 unspecified atom stereocenters. The minimum atomic E-state index is -4.96. The highest BCUT2D eigenvalue weighted by atomic mass is 19.4.